The van der Waals surface area contributed by atoms with Crippen molar-refractivity contribution in [3.8, 4) is 22.8 Å². The van der Waals surface area contributed by atoms with Crippen LogP contribution in [0.3, 0.4) is 0 Å². The maximum Gasteiger partial charge on any atom is 0.269 e. The molecule has 0 saturated carbocycles. The van der Waals surface area contributed by atoms with Crippen LogP contribution in [0, 0.1) is 10.1 Å². The van der Waals surface area contributed by atoms with Crippen LogP contribution in [0.5, 0.6) is 11.5 Å². The Bertz CT molecular complexity index is 1070. The summed E-state index contributed by atoms with van der Waals surface area (Å²) in [7, 11) is 0. The van der Waals surface area contributed by atoms with E-state index in [2.05, 4.69) is 15.5 Å². The fraction of sp³-hybridized carbons (Fsp3) is 0.150. The Labute approximate surface area is 175 Å². The molecule has 2 heterocycles. The number of hydrogen-bond donors (Lipinski definition) is 1. The summed E-state index contributed by atoms with van der Waals surface area (Å²) in [5, 5.41) is 22.4. The minimum Gasteiger partial charge on any atom is -0.486 e. The zero-order valence-corrected chi connectivity index (χ0v) is 16.4. The van der Waals surface area contributed by atoms with Gasteiger partial charge in [-0.05, 0) is 36.4 Å². The molecule has 0 spiro atoms. The number of nitro benzene ring substituents is 1. The number of benzene rings is 2. The fourth-order valence-corrected chi connectivity index (χ4v) is 3.38. The minimum atomic E-state index is -0.453. The van der Waals surface area contributed by atoms with Crippen LogP contribution in [0.1, 0.15) is 0 Å². The summed E-state index contributed by atoms with van der Waals surface area (Å²) in [4.78, 5) is 22.5. The topological polar surface area (TPSA) is 116 Å². The second kappa shape index (κ2) is 8.78. The van der Waals surface area contributed by atoms with Gasteiger partial charge < -0.3 is 14.8 Å². The summed E-state index contributed by atoms with van der Waals surface area (Å²) in [5.41, 5.74) is 1.96. The summed E-state index contributed by atoms with van der Waals surface area (Å²) in [6, 6.07) is 14.8. The lowest BCUT2D eigenvalue weighted by Crippen LogP contribution is -2.17. The quantitative estimate of drug-likeness (QED) is 0.363. The average molecular weight is 424 g/mol. The molecule has 10 heteroatoms. The van der Waals surface area contributed by atoms with Gasteiger partial charge in [0.15, 0.2) is 11.5 Å². The second-order valence-corrected chi connectivity index (χ2v) is 7.25. The number of fused-ring (bicyclic) bond motifs is 1. The lowest BCUT2D eigenvalue weighted by Gasteiger charge is -2.18. The fourth-order valence-electron chi connectivity index (χ4n) is 2.76. The molecule has 152 valence electrons. The van der Waals surface area contributed by atoms with Gasteiger partial charge in [-0.2, -0.15) is 0 Å². The van der Waals surface area contributed by atoms with E-state index in [1.54, 1.807) is 42.5 Å². The number of nitro groups is 1. The Kier molecular flexibility index (Phi) is 5.75. The molecule has 1 aliphatic rings. The molecule has 1 aliphatic heterocycles. The number of carbonyl (C=O) groups is 1. The number of nitrogens with one attached hydrogen (secondary N) is 1. The molecular weight excluding hydrogens is 408 g/mol. The van der Waals surface area contributed by atoms with Crippen LogP contribution in [0.15, 0.2) is 59.6 Å². The summed E-state index contributed by atoms with van der Waals surface area (Å²) < 4.78 is 11.0. The molecule has 0 saturated heterocycles. The van der Waals surface area contributed by atoms with E-state index in [9.17, 15) is 14.9 Å². The zero-order valence-electron chi connectivity index (χ0n) is 15.6. The number of carbonyl (C=O) groups excluding carboxylic acids is 1. The predicted octanol–water partition coefficient (Wildman–Crippen LogP) is 3.55. The molecule has 3 aromatic rings. The summed E-state index contributed by atoms with van der Waals surface area (Å²) in [6.45, 7) is 0.994. The van der Waals surface area contributed by atoms with Crippen molar-refractivity contribution in [3.05, 3.63) is 64.7 Å². The van der Waals surface area contributed by atoms with E-state index < -0.39 is 4.92 Å². The van der Waals surface area contributed by atoms with Gasteiger partial charge in [-0.1, -0.05) is 11.8 Å². The third-order valence-electron chi connectivity index (χ3n) is 4.19. The number of nitrogens with zero attached hydrogens (tertiary/aromatic N) is 3. The predicted molar refractivity (Wildman–Crippen MR) is 111 cm³/mol. The van der Waals surface area contributed by atoms with Crippen molar-refractivity contribution < 1.29 is 19.2 Å². The number of rotatable bonds is 6. The van der Waals surface area contributed by atoms with Crippen molar-refractivity contribution >= 4 is 29.0 Å². The zero-order chi connectivity index (χ0) is 20.9. The molecule has 9 nitrogen and oxygen atoms in total. The number of hydrogen-bond acceptors (Lipinski definition) is 8. The van der Waals surface area contributed by atoms with Crippen LogP contribution in [0.25, 0.3) is 11.3 Å². The Hall–Kier alpha value is -3.66. The van der Waals surface area contributed by atoms with Crippen molar-refractivity contribution in [1.82, 2.24) is 10.2 Å². The first-order valence-electron chi connectivity index (χ1n) is 8.99. The molecule has 0 radical (unpaired) electrons. The van der Waals surface area contributed by atoms with E-state index in [1.807, 2.05) is 0 Å². The summed E-state index contributed by atoms with van der Waals surface area (Å²) in [6.07, 6.45) is 0. The lowest BCUT2D eigenvalue weighted by atomic mass is 10.1. The lowest BCUT2D eigenvalue weighted by molar-refractivity contribution is -0.384. The standard InChI is InChI=1S/C20H16N4O5S/c25-19(21-14-3-7-17-18(11-14)29-10-9-28-17)12-30-20-8-6-16(22-23-20)13-1-4-15(5-2-13)24(26)27/h1-8,11H,9-10,12H2,(H,21,25). The second-order valence-electron chi connectivity index (χ2n) is 6.26. The van der Waals surface area contributed by atoms with E-state index in [-0.39, 0.29) is 17.3 Å². The van der Waals surface area contributed by atoms with Gasteiger partial charge >= 0.3 is 0 Å². The van der Waals surface area contributed by atoms with Crippen molar-refractivity contribution in [2.75, 3.05) is 24.3 Å². The summed E-state index contributed by atoms with van der Waals surface area (Å²) in [5.74, 6) is 1.26. The van der Waals surface area contributed by atoms with Gasteiger partial charge in [-0.15, -0.1) is 10.2 Å². The number of anilines is 1. The van der Waals surface area contributed by atoms with E-state index >= 15 is 0 Å². The normalized spacial score (nSPS) is 12.3. The van der Waals surface area contributed by atoms with E-state index in [0.717, 1.165) is 5.56 Å². The van der Waals surface area contributed by atoms with Crippen LogP contribution in [0.4, 0.5) is 11.4 Å². The number of aromatic nitrogens is 2. The highest BCUT2D eigenvalue weighted by molar-refractivity contribution is 7.99. The third-order valence-corrected chi connectivity index (χ3v) is 5.11. The van der Waals surface area contributed by atoms with Crippen LogP contribution in [-0.4, -0.2) is 40.0 Å². The highest BCUT2D eigenvalue weighted by Gasteiger charge is 2.13. The highest BCUT2D eigenvalue weighted by Crippen LogP contribution is 2.32. The van der Waals surface area contributed by atoms with Crippen LogP contribution >= 0.6 is 11.8 Å². The van der Waals surface area contributed by atoms with Gasteiger partial charge in [0.1, 0.15) is 18.2 Å². The maximum atomic E-state index is 12.2. The molecule has 0 bridgehead atoms. The molecule has 0 unspecified atom stereocenters. The van der Waals surface area contributed by atoms with E-state index in [0.29, 0.717) is 41.1 Å². The van der Waals surface area contributed by atoms with Crippen molar-refractivity contribution in [2.45, 2.75) is 5.03 Å². The Balaban J connectivity index is 1.32. The van der Waals surface area contributed by atoms with Crippen molar-refractivity contribution in [1.29, 1.82) is 0 Å². The Morgan fingerprint density at radius 2 is 1.80 bits per heavy atom. The molecule has 1 aromatic heterocycles. The average Bonchev–Trinajstić information content (AvgIpc) is 2.78. The maximum absolute atomic E-state index is 12.2. The van der Waals surface area contributed by atoms with E-state index in [4.69, 9.17) is 9.47 Å². The smallest absolute Gasteiger partial charge is 0.269 e. The SMILES string of the molecule is O=C(CSc1ccc(-c2ccc([N+](=O)[O-])cc2)nn1)Nc1ccc2c(c1)OCCO2. The first kappa shape index (κ1) is 19.6. The highest BCUT2D eigenvalue weighted by atomic mass is 32.2. The molecular formula is C20H16N4O5S. The van der Waals surface area contributed by atoms with E-state index in [1.165, 1.54) is 23.9 Å². The molecule has 1 N–H and O–H groups in total. The number of non-ortho nitro benzene ring substituents is 1. The van der Waals surface area contributed by atoms with Gasteiger partial charge in [-0.25, -0.2) is 0 Å². The van der Waals surface area contributed by atoms with Gasteiger partial charge in [-0.3, -0.25) is 14.9 Å². The third kappa shape index (κ3) is 4.66. The van der Waals surface area contributed by atoms with Gasteiger partial charge in [0.25, 0.3) is 5.69 Å². The molecule has 1 amide bonds. The number of ether oxygens (including phenoxy) is 2. The van der Waals surface area contributed by atoms with Crippen LogP contribution in [-0.2, 0) is 4.79 Å². The Morgan fingerprint density at radius 3 is 2.50 bits per heavy atom. The van der Waals surface area contributed by atoms with Gasteiger partial charge in [0, 0.05) is 29.4 Å². The first-order valence-corrected chi connectivity index (χ1v) is 9.98. The van der Waals surface area contributed by atoms with Crippen LogP contribution < -0.4 is 14.8 Å². The molecule has 0 fully saturated rings. The van der Waals surface area contributed by atoms with Crippen molar-refractivity contribution in [3.63, 3.8) is 0 Å². The number of thioether (sulfide) groups is 1. The molecule has 30 heavy (non-hydrogen) atoms. The van der Waals surface area contributed by atoms with Gasteiger partial charge in [0.2, 0.25) is 5.91 Å². The monoisotopic (exact) mass is 424 g/mol. The van der Waals surface area contributed by atoms with Gasteiger partial charge in [0.05, 0.1) is 16.4 Å². The summed E-state index contributed by atoms with van der Waals surface area (Å²) >= 11 is 1.26. The Morgan fingerprint density at radius 1 is 1.03 bits per heavy atom. The number of amides is 1. The molecule has 4 rings (SSSR count). The molecule has 0 atom stereocenters. The molecule has 2 aromatic carbocycles. The van der Waals surface area contributed by atoms with Crippen molar-refractivity contribution in [2.24, 2.45) is 0 Å². The molecule has 0 aliphatic carbocycles. The largest absolute Gasteiger partial charge is 0.486 e. The minimum absolute atomic E-state index is 0.0166. The van der Waals surface area contributed by atoms with Crippen LogP contribution in [0.2, 0.25) is 0 Å². The first-order chi connectivity index (χ1) is 14.6.